The van der Waals surface area contributed by atoms with Crippen LogP contribution in [0.1, 0.15) is 87.0 Å². The quantitative estimate of drug-likeness (QED) is 0.177. The van der Waals surface area contributed by atoms with Gasteiger partial charge in [0.25, 0.3) is 0 Å². The molecule has 0 aliphatic carbocycles. The third-order valence-electron chi connectivity index (χ3n) is 7.25. The predicted octanol–water partition coefficient (Wildman–Crippen LogP) is 6.42. The van der Waals surface area contributed by atoms with E-state index in [9.17, 15) is 9.59 Å². The Balaban J connectivity index is 1.60. The van der Waals surface area contributed by atoms with Crippen molar-refractivity contribution < 1.29 is 14.4 Å². The van der Waals surface area contributed by atoms with Gasteiger partial charge in [-0.25, -0.2) is 14.8 Å². The number of nitrogens with one attached hydrogen (secondary N) is 1. The summed E-state index contributed by atoms with van der Waals surface area (Å²) in [6.45, 7) is 13.8. The number of carbonyl (C=O) groups excluding carboxylic acids is 2. The fraction of sp³-hybridized carbons (Fsp3) is 0.323. The summed E-state index contributed by atoms with van der Waals surface area (Å²) in [5.74, 6) is 0.569. The van der Waals surface area contributed by atoms with E-state index >= 15 is 0 Å². The zero-order chi connectivity index (χ0) is 29.2. The summed E-state index contributed by atoms with van der Waals surface area (Å²) in [4.78, 5) is 38.8. The van der Waals surface area contributed by atoms with Gasteiger partial charge in [-0.05, 0) is 67.0 Å². The minimum atomic E-state index is -1.06. The standard InChI is InChI=1S/C31H34ClN5O3/c1-7-25(38)40-37-18(4)8-9-20-10-12-21(13-11-20)31(6)26-27(33)34-28(35-29(26)36-30(31)39)19(5)23-15-14-22(32)16-24(23)17(2)3/h10-17H,5,7-9H2,1-4,6H3,(H3,33,34,35,36,39)/b37-18+/t31-/m0/s1. The lowest BCUT2D eigenvalue weighted by Crippen LogP contribution is -2.33. The lowest BCUT2D eigenvalue weighted by atomic mass is 9.77. The van der Waals surface area contributed by atoms with Crippen molar-refractivity contribution in [3.63, 3.8) is 0 Å². The molecule has 40 heavy (non-hydrogen) atoms. The Morgan fingerprint density at radius 1 is 1.20 bits per heavy atom. The molecule has 4 rings (SSSR count). The Labute approximate surface area is 239 Å². The maximum atomic E-state index is 13.4. The highest BCUT2D eigenvalue weighted by atomic mass is 35.5. The van der Waals surface area contributed by atoms with Gasteiger partial charge in [0.05, 0.1) is 11.3 Å². The molecule has 0 bridgehead atoms. The number of hydrogen-bond acceptors (Lipinski definition) is 7. The number of amides is 1. The first kappa shape index (κ1) is 29.0. The monoisotopic (exact) mass is 559 g/mol. The Morgan fingerprint density at radius 3 is 2.55 bits per heavy atom. The number of hydrogen-bond donors (Lipinski definition) is 2. The van der Waals surface area contributed by atoms with Crippen LogP contribution in [-0.2, 0) is 26.3 Å². The molecule has 0 saturated carbocycles. The molecule has 2 heterocycles. The highest BCUT2D eigenvalue weighted by Crippen LogP contribution is 2.45. The summed E-state index contributed by atoms with van der Waals surface area (Å²) in [6.07, 6.45) is 1.62. The lowest BCUT2D eigenvalue weighted by molar-refractivity contribution is -0.143. The van der Waals surface area contributed by atoms with Gasteiger partial charge in [-0.15, -0.1) is 0 Å². The average molecular weight is 560 g/mol. The topological polar surface area (TPSA) is 120 Å². The second-order valence-electron chi connectivity index (χ2n) is 10.4. The largest absolute Gasteiger partial charge is 0.383 e. The Kier molecular flexibility index (Phi) is 8.40. The molecule has 3 N–H and O–H groups in total. The number of carbonyl (C=O) groups is 2. The Hall–Kier alpha value is -4.04. The fourth-order valence-corrected chi connectivity index (χ4v) is 4.97. The van der Waals surface area contributed by atoms with Gasteiger partial charge >= 0.3 is 5.97 Å². The number of oxime groups is 1. The molecule has 0 unspecified atom stereocenters. The molecule has 1 aliphatic heterocycles. The van der Waals surface area contributed by atoms with Crippen molar-refractivity contribution in [1.29, 1.82) is 0 Å². The highest BCUT2D eigenvalue weighted by molar-refractivity contribution is 6.30. The molecule has 0 spiro atoms. The first-order valence-electron chi connectivity index (χ1n) is 13.3. The van der Waals surface area contributed by atoms with Crippen LogP contribution in [-0.4, -0.2) is 27.6 Å². The first-order chi connectivity index (χ1) is 18.9. The molecule has 1 aliphatic rings. The number of fused-ring (bicyclic) bond motifs is 1. The van der Waals surface area contributed by atoms with Gasteiger partial charge in [-0.3, -0.25) is 4.79 Å². The van der Waals surface area contributed by atoms with Crippen molar-refractivity contribution in [2.24, 2.45) is 5.16 Å². The molecular formula is C31H34ClN5O3. The van der Waals surface area contributed by atoms with E-state index in [0.717, 1.165) is 28.0 Å². The number of benzene rings is 2. The second-order valence-corrected chi connectivity index (χ2v) is 10.9. The van der Waals surface area contributed by atoms with Gasteiger partial charge in [-0.1, -0.05) is 74.4 Å². The zero-order valence-electron chi connectivity index (χ0n) is 23.5. The summed E-state index contributed by atoms with van der Waals surface area (Å²) < 4.78 is 0. The molecule has 1 amide bonds. The Bertz CT molecular complexity index is 1510. The fourth-order valence-electron chi connectivity index (χ4n) is 4.79. The smallest absolute Gasteiger partial charge is 0.334 e. The maximum Gasteiger partial charge on any atom is 0.334 e. The number of halogens is 1. The Morgan fingerprint density at radius 2 is 1.90 bits per heavy atom. The van der Waals surface area contributed by atoms with Gasteiger partial charge in [-0.2, -0.15) is 0 Å². The number of nitrogen functional groups attached to an aromatic ring is 1. The van der Waals surface area contributed by atoms with Crippen LogP contribution in [0.25, 0.3) is 5.57 Å². The van der Waals surface area contributed by atoms with Gasteiger partial charge in [0.2, 0.25) is 5.91 Å². The average Bonchev–Trinajstić information content (AvgIpc) is 3.20. The van der Waals surface area contributed by atoms with E-state index in [1.54, 1.807) is 6.92 Å². The van der Waals surface area contributed by atoms with E-state index in [-0.39, 0.29) is 30.0 Å². The molecule has 208 valence electrons. The van der Waals surface area contributed by atoms with E-state index in [0.29, 0.717) is 40.6 Å². The molecular weight excluding hydrogens is 526 g/mol. The number of nitrogens with two attached hydrogens (primary N) is 1. The molecule has 9 heteroatoms. The molecule has 0 fully saturated rings. The minimum absolute atomic E-state index is 0.206. The number of aromatic nitrogens is 2. The molecule has 3 aromatic rings. The van der Waals surface area contributed by atoms with Gasteiger partial charge in [0.1, 0.15) is 17.1 Å². The van der Waals surface area contributed by atoms with Crippen molar-refractivity contribution in [3.8, 4) is 0 Å². The van der Waals surface area contributed by atoms with Crippen molar-refractivity contribution in [3.05, 3.63) is 87.7 Å². The van der Waals surface area contributed by atoms with Crippen LogP contribution in [0, 0.1) is 0 Å². The van der Waals surface area contributed by atoms with E-state index < -0.39 is 5.41 Å². The second kappa shape index (κ2) is 11.6. The van der Waals surface area contributed by atoms with Crippen LogP contribution in [0.15, 0.2) is 54.2 Å². The molecule has 0 radical (unpaired) electrons. The number of nitrogens with zero attached hydrogens (tertiary/aromatic N) is 3. The van der Waals surface area contributed by atoms with Crippen molar-refractivity contribution in [1.82, 2.24) is 9.97 Å². The van der Waals surface area contributed by atoms with Crippen LogP contribution in [0.3, 0.4) is 0 Å². The highest BCUT2D eigenvalue weighted by Gasteiger charge is 2.47. The number of anilines is 2. The van der Waals surface area contributed by atoms with Crippen molar-refractivity contribution in [2.45, 2.75) is 65.2 Å². The van der Waals surface area contributed by atoms with E-state index in [1.807, 2.05) is 56.3 Å². The van der Waals surface area contributed by atoms with Crippen molar-refractivity contribution >= 4 is 46.4 Å². The molecule has 8 nitrogen and oxygen atoms in total. The third-order valence-corrected chi connectivity index (χ3v) is 7.49. The molecule has 1 aromatic heterocycles. The summed E-state index contributed by atoms with van der Waals surface area (Å²) in [6, 6.07) is 13.4. The lowest BCUT2D eigenvalue weighted by Gasteiger charge is -2.24. The summed E-state index contributed by atoms with van der Waals surface area (Å²) >= 11 is 6.24. The first-order valence-corrected chi connectivity index (χ1v) is 13.6. The normalized spacial score (nSPS) is 16.6. The summed E-state index contributed by atoms with van der Waals surface area (Å²) in [7, 11) is 0. The third kappa shape index (κ3) is 5.63. The van der Waals surface area contributed by atoms with Crippen molar-refractivity contribution in [2.75, 3.05) is 11.1 Å². The molecule has 0 saturated heterocycles. The number of rotatable bonds is 9. The van der Waals surface area contributed by atoms with E-state index in [2.05, 4.69) is 40.9 Å². The SMILES string of the molecule is C=C(c1nc(N)c2c(n1)NC(=O)[C@@]2(C)c1ccc(CC/C(C)=N/OC(=O)CC)cc1)c1ccc(Cl)cc1C(C)C. The summed E-state index contributed by atoms with van der Waals surface area (Å²) in [5.41, 5.74) is 11.0. The predicted molar refractivity (Wildman–Crippen MR) is 159 cm³/mol. The van der Waals surface area contributed by atoms with Crippen LogP contribution in [0.5, 0.6) is 0 Å². The van der Waals surface area contributed by atoms with Crippen LogP contribution in [0.2, 0.25) is 5.02 Å². The van der Waals surface area contributed by atoms with E-state index in [1.165, 1.54) is 0 Å². The van der Waals surface area contributed by atoms with Gasteiger partial charge < -0.3 is 15.9 Å². The van der Waals surface area contributed by atoms with Crippen LogP contribution >= 0.6 is 11.6 Å². The minimum Gasteiger partial charge on any atom is -0.383 e. The van der Waals surface area contributed by atoms with Crippen LogP contribution in [0.4, 0.5) is 11.6 Å². The van der Waals surface area contributed by atoms with Gasteiger partial charge in [0, 0.05) is 17.0 Å². The molecule has 1 atom stereocenters. The van der Waals surface area contributed by atoms with E-state index in [4.69, 9.17) is 22.2 Å². The summed E-state index contributed by atoms with van der Waals surface area (Å²) in [5, 5.41) is 7.43. The van der Waals surface area contributed by atoms with Crippen LogP contribution < -0.4 is 11.1 Å². The number of aryl methyl sites for hydroxylation is 1. The van der Waals surface area contributed by atoms with Gasteiger partial charge in [0.15, 0.2) is 5.82 Å². The molecule has 2 aromatic carbocycles. The maximum absolute atomic E-state index is 13.4. The zero-order valence-corrected chi connectivity index (χ0v) is 24.2.